The molecule has 0 heterocycles. The number of nitrogens with two attached hydrogens (primary N) is 1. The van der Waals surface area contributed by atoms with Crippen LogP contribution in [0.25, 0.3) is 0 Å². The maximum absolute atomic E-state index is 13.4. The molecule has 0 atom stereocenters. The minimum Gasteiger partial charge on any atom is -0.454 e. The van der Waals surface area contributed by atoms with Gasteiger partial charge in [-0.05, 0) is 62.5 Å². The van der Waals surface area contributed by atoms with Crippen LogP contribution in [0.3, 0.4) is 0 Å². The molecule has 0 spiro atoms. The highest BCUT2D eigenvalue weighted by Gasteiger charge is 2.10. The van der Waals surface area contributed by atoms with E-state index in [-0.39, 0.29) is 0 Å². The third-order valence-corrected chi connectivity index (χ3v) is 3.59. The molecule has 2 nitrogen and oxygen atoms in total. The Balaban J connectivity index is 2.37. The Bertz CT molecular complexity index is 602. The number of rotatable bonds is 2. The van der Waals surface area contributed by atoms with Crippen molar-refractivity contribution in [1.82, 2.24) is 0 Å². The molecule has 0 aliphatic rings. The first kappa shape index (κ1) is 13.4. The molecule has 0 aliphatic heterocycles. The highest BCUT2D eigenvalue weighted by atomic mass is 79.9. The number of hydrogen-bond acceptors (Lipinski definition) is 2. The van der Waals surface area contributed by atoms with E-state index in [0.29, 0.717) is 21.7 Å². The number of benzene rings is 2. The van der Waals surface area contributed by atoms with Gasteiger partial charge in [-0.15, -0.1) is 0 Å². The molecule has 2 aromatic rings. The van der Waals surface area contributed by atoms with E-state index in [4.69, 9.17) is 10.5 Å². The van der Waals surface area contributed by atoms with Crippen LogP contribution in [0.2, 0.25) is 0 Å². The average Bonchev–Trinajstić information content (AvgIpc) is 2.29. The summed E-state index contributed by atoms with van der Waals surface area (Å²) >= 11 is 6.46. The van der Waals surface area contributed by atoms with Crippen molar-refractivity contribution >= 4 is 37.5 Å². The van der Waals surface area contributed by atoms with E-state index < -0.39 is 5.82 Å². The molecule has 2 rings (SSSR count). The molecule has 2 N–H and O–H groups in total. The molecule has 0 aromatic heterocycles. The Kier molecular flexibility index (Phi) is 3.92. The number of ether oxygens (including phenoxy) is 1. The van der Waals surface area contributed by atoms with Crippen LogP contribution < -0.4 is 10.5 Å². The van der Waals surface area contributed by atoms with E-state index in [0.717, 1.165) is 10.0 Å². The van der Waals surface area contributed by atoms with Gasteiger partial charge in [-0.2, -0.15) is 0 Å². The van der Waals surface area contributed by atoms with Crippen LogP contribution in [0, 0.1) is 12.7 Å². The Morgan fingerprint density at radius 1 is 1.06 bits per heavy atom. The second kappa shape index (κ2) is 5.28. The molecule has 0 fully saturated rings. The Morgan fingerprint density at radius 2 is 1.78 bits per heavy atom. The monoisotopic (exact) mass is 373 g/mol. The molecule has 0 unspecified atom stereocenters. The van der Waals surface area contributed by atoms with Crippen LogP contribution in [0.4, 0.5) is 10.1 Å². The molecule has 18 heavy (non-hydrogen) atoms. The van der Waals surface area contributed by atoms with Gasteiger partial charge < -0.3 is 10.5 Å². The first-order chi connectivity index (χ1) is 8.47. The predicted octanol–water partition coefficient (Wildman–Crippen LogP) is 5.03. The quantitative estimate of drug-likeness (QED) is 0.748. The van der Waals surface area contributed by atoms with Gasteiger partial charge in [0.15, 0.2) is 5.75 Å². The Morgan fingerprint density at radius 3 is 2.44 bits per heavy atom. The third-order valence-electron chi connectivity index (χ3n) is 2.36. The molecule has 5 heteroatoms. The lowest BCUT2D eigenvalue weighted by atomic mass is 10.2. The molecule has 94 valence electrons. The van der Waals surface area contributed by atoms with Gasteiger partial charge in [0, 0.05) is 6.07 Å². The molecule has 0 radical (unpaired) electrons. The topological polar surface area (TPSA) is 35.2 Å². The van der Waals surface area contributed by atoms with E-state index in [2.05, 4.69) is 31.9 Å². The standard InChI is InChI=1S/C13H10Br2FNO/c1-7-2-3-12(9(15)4-7)18-13-6-10(16)8(14)5-11(13)17/h2-6H,17H2,1H3. The lowest BCUT2D eigenvalue weighted by Gasteiger charge is -2.11. The van der Waals surface area contributed by atoms with Crippen molar-refractivity contribution in [1.29, 1.82) is 0 Å². The van der Waals surface area contributed by atoms with E-state index in [1.54, 1.807) is 6.07 Å². The van der Waals surface area contributed by atoms with Crippen LogP contribution in [0.1, 0.15) is 5.56 Å². The second-order valence-electron chi connectivity index (χ2n) is 3.84. The van der Waals surface area contributed by atoms with Gasteiger partial charge in [0.2, 0.25) is 0 Å². The first-order valence-electron chi connectivity index (χ1n) is 5.16. The summed E-state index contributed by atoms with van der Waals surface area (Å²) < 4.78 is 20.1. The van der Waals surface area contributed by atoms with Gasteiger partial charge >= 0.3 is 0 Å². The van der Waals surface area contributed by atoms with Gasteiger partial charge in [0.1, 0.15) is 11.6 Å². The first-order valence-corrected chi connectivity index (χ1v) is 6.74. The number of halogens is 3. The summed E-state index contributed by atoms with van der Waals surface area (Å²) in [6.07, 6.45) is 0. The molecule has 0 aliphatic carbocycles. The molecule has 0 bridgehead atoms. The zero-order valence-electron chi connectivity index (χ0n) is 9.51. The molecule has 0 saturated carbocycles. The van der Waals surface area contributed by atoms with Gasteiger partial charge in [-0.3, -0.25) is 0 Å². The fourth-order valence-electron chi connectivity index (χ4n) is 1.44. The highest BCUT2D eigenvalue weighted by Crippen LogP contribution is 2.35. The van der Waals surface area contributed by atoms with Crippen LogP contribution in [0.5, 0.6) is 11.5 Å². The maximum atomic E-state index is 13.4. The summed E-state index contributed by atoms with van der Waals surface area (Å²) in [4.78, 5) is 0. The van der Waals surface area contributed by atoms with Gasteiger partial charge in [0.05, 0.1) is 14.6 Å². The Labute approximate surface area is 121 Å². The molecule has 2 aromatic carbocycles. The van der Waals surface area contributed by atoms with E-state index in [1.165, 1.54) is 12.1 Å². The van der Waals surface area contributed by atoms with Crippen molar-refractivity contribution in [3.63, 3.8) is 0 Å². The number of hydrogen-bond donors (Lipinski definition) is 1. The van der Waals surface area contributed by atoms with Crippen molar-refractivity contribution in [2.24, 2.45) is 0 Å². The van der Waals surface area contributed by atoms with Crippen molar-refractivity contribution in [3.8, 4) is 11.5 Å². The van der Waals surface area contributed by atoms with Crippen LogP contribution >= 0.6 is 31.9 Å². The molecule has 0 amide bonds. The molecular weight excluding hydrogens is 365 g/mol. The smallest absolute Gasteiger partial charge is 0.153 e. The van der Waals surface area contributed by atoms with Gasteiger partial charge in [-0.25, -0.2) is 4.39 Å². The zero-order chi connectivity index (χ0) is 13.3. The van der Waals surface area contributed by atoms with E-state index in [1.807, 2.05) is 19.1 Å². The summed E-state index contributed by atoms with van der Waals surface area (Å²) in [6, 6.07) is 8.36. The molecule has 0 saturated heterocycles. The van der Waals surface area contributed by atoms with Gasteiger partial charge in [0.25, 0.3) is 0 Å². The lowest BCUT2D eigenvalue weighted by Crippen LogP contribution is -1.94. The summed E-state index contributed by atoms with van der Waals surface area (Å²) in [5.41, 5.74) is 7.25. The Hall–Kier alpha value is -1.07. The third kappa shape index (κ3) is 2.84. The van der Waals surface area contributed by atoms with E-state index in [9.17, 15) is 4.39 Å². The fraction of sp³-hybridized carbons (Fsp3) is 0.0769. The van der Waals surface area contributed by atoms with E-state index >= 15 is 0 Å². The van der Waals surface area contributed by atoms with Gasteiger partial charge in [-0.1, -0.05) is 6.07 Å². The SMILES string of the molecule is Cc1ccc(Oc2cc(F)c(Br)cc2N)c(Br)c1. The number of anilines is 1. The highest BCUT2D eigenvalue weighted by molar-refractivity contribution is 9.10. The van der Waals surface area contributed by atoms with Crippen LogP contribution in [-0.2, 0) is 0 Å². The minimum atomic E-state index is -0.414. The predicted molar refractivity (Wildman–Crippen MR) is 77.5 cm³/mol. The summed E-state index contributed by atoms with van der Waals surface area (Å²) in [7, 11) is 0. The minimum absolute atomic E-state index is 0.292. The van der Waals surface area contributed by atoms with Crippen molar-refractivity contribution in [2.45, 2.75) is 6.92 Å². The normalized spacial score (nSPS) is 10.4. The zero-order valence-corrected chi connectivity index (χ0v) is 12.7. The summed E-state index contributed by atoms with van der Waals surface area (Å²) in [6.45, 7) is 1.97. The molecular formula is C13H10Br2FNO. The maximum Gasteiger partial charge on any atom is 0.153 e. The lowest BCUT2D eigenvalue weighted by molar-refractivity contribution is 0.475. The van der Waals surface area contributed by atoms with Crippen molar-refractivity contribution in [2.75, 3.05) is 5.73 Å². The number of nitrogen functional groups attached to an aromatic ring is 1. The summed E-state index contributed by atoms with van der Waals surface area (Å²) in [5.74, 6) is 0.469. The number of aryl methyl sites for hydroxylation is 1. The van der Waals surface area contributed by atoms with Crippen LogP contribution in [0.15, 0.2) is 39.3 Å². The largest absolute Gasteiger partial charge is 0.454 e. The average molecular weight is 375 g/mol. The summed E-state index contributed by atoms with van der Waals surface area (Å²) in [5, 5.41) is 0. The fourth-order valence-corrected chi connectivity index (χ4v) is 2.37. The van der Waals surface area contributed by atoms with Crippen LogP contribution in [-0.4, -0.2) is 0 Å². The second-order valence-corrected chi connectivity index (χ2v) is 5.55. The van der Waals surface area contributed by atoms with Crippen molar-refractivity contribution < 1.29 is 9.13 Å². The van der Waals surface area contributed by atoms with Crippen molar-refractivity contribution in [3.05, 3.63) is 50.7 Å².